The van der Waals surface area contributed by atoms with E-state index in [1.54, 1.807) is 54.6 Å². The summed E-state index contributed by atoms with van der Waals surface area (Å²) in [5.41, 5.74) is 2.14. The smallest absolute Gasteiger partial charge is 0.305 e. The Balaban J connectivity index is 1.63. The third-order valence-electron chi connectivity index (χ3n) is 5.51. The number of carbonyl (C=O) groups excluding carboxylic acids is 1. The summed E-state index contributed by atoms with van der Waals surface area (Å²) in [6.45, 7) is 4.57. The number of rotatable bonds is 12. The minimum atomic E-state index is -0.970. The Kier molecular flexibility index (Phi) is 10.2. The number of nitrogens with one attached hydrogen (secondary N) is 2. The second kappa shape index (κ2) is 13.3. The molecular formula is C28H29Cl2FN2O4. The normalized spacial score (nSPS) is 11.7. The van der Waals surface area contributed by atoms with Crippen LogP contribution in [0.15, 0.2) is 60.7 Å². The van der Waals surface area contributed by atoms with Crippen molar-refractivity contribution in [1.29, 1.82) is 0 Å². The zero-order chi connectivity index (χ0) is 26.9. The van der Waals surface area contributed by atoms with E-state index in [4.69, 9.17) is 33.0 Å². The molecule has 3 aromatic carbocycles. The molecule has 0 aliphatic heterocycles. The van der Waals surface area contributed by atoms with Gasteiger partial charge in [-0.1, -0.05) is 43.1 Å². The van der Waals surface area contributed by atoms with Crippen molar-refractivity contribution in [2.45, 2.75) is 32.7 Å². The first-order valence-corrected chi connectivity index (χ1v) is 12.6. The van der Waals surface area contributed by atoms with Crippen LogP contribution in [0, 0.1) is 11.7 Å². The molecule has 196 valence electrons. The van der Waals surface area contributed by atoms with E-state index in [0.717, 1.165) is 12.1 Å². The van der Waals surface area contributed by atoms with Crippen molar-refractivity contribution < 1.29 is 23.8 Å². The third kappa shape index (κ3) is 8.65. The summed E-state index contributed by atoms with van der Waals surface area (Å²) in [5.74, 6) is -0.975. The highest BCUT2D eigenvalue weighted by Gasteiger charge is 2.15. The molecule has 3 rings (SSSR count). The van der Waals surface area contributed by atoms with E-state index in [0.29, 0.717) is 45.0 Å². The van der Waals surface area contributed by atoms with Gasteiger partial charge in [0.2, 0.25) is 0 Å². The monoisotopic (exact) mass is 546 g/mol. The molecule has 0 radical (unpaired) electrons. The van der Waals surface area contributed by atoms with Crippen molar-refractivity contribution >= 4 is 40.8 Å². The van der Waals surface area contributed by atoms with Crippen molar-refractivity contribution in [3.8, 4) is 16.9 Å². The minimum Gasteiger partial charge on any atom is -0.491 e. The van der Waals surface area contributed by atoms with Crippen LogP contribution in [0.5, 0.6) is 5.75 Å². The molecule has 6 nitrogen and oxygen atoms in total. The van der Waals surface area contributed by atoms with Gasteiger partial charge in [0.1, 0.15) is 18.2 Å². The molecule has 9 heteroatoms. The van der Waals surface area contributed by atoms with Gasteiger partial charge in [0.15, 0.2) is 0 Å². The van der Waals surface area contributed by atoms with E-state index >= 15 is 0 Å². The quantitative estimate of drug-likeness (QED) is 0.229. The second-order valence-corrected chi connectivity index (χ2v) is 9.87. The number of benzene rings is 3. The zero-order valence-electron chi connectivity index (χ0n) is 20.6. The zero-order valence-corrected chi connectivity index (χ0v) is 22.1. The van der Waals surface area contributed by atoms with Crippen LogP contribution >= 0.6 is 23.2 Å². The van der Waals surface area contributed by atoms with E-state index in [2.05, 4.69) is 24.5 Å². The minimum absolute atomic E-state index is 0.0658. The van der Waals surface area contributed by atoms with Gasteiger partial charge in [0.05, 0.1) is 12.5 Å². The van der Waals surface area contributed by atoms with Crippen molar-refractivity contribution in [3.63, 3.8) is 0 Å². The van der Waals surface area contributed by atoms with Crippen LogP contribution < -0.4 is 15.4 Å². The number of aliphatic carboxylic acids is 1. The van der Waals surface area contributed by atoms with E-state index in [1.807, 2.05) is 0 Å². The Morgan fingerprint density at radius 3 is 2.32 bits per heavy atom. The first kappa shape index (κ1) is 28.3. The summed E-state index contributed by atoms with van der Waals surface area (Å²) in [6, 6.07) is 16.4. The predicted octanol–water partition coefficient (Wildman–Crippen LogP) is 6.91. The molecule has 0 spiro atoms. The molecule has 0 aliphatic rings. The van der Waals surface area contributed by atoms with Gasteiger partial charge in [-0.05, 0) is 60.9 Å². The molecule has 0 aliphatic carbocycles. The topological polar surface area (TPSA) is 87.7 Å². The molecule has 0 aromatic heterocycles. The second-order valence-electron chi connectivity index (χ2n) is 9.02. The lowest BCUT2D eigenvalue weighted by Gasteiger charge is -2.22. The van der Waals surface area contributed by atoms with E-state index in [1.165, 1.54) is 6.07 Å². The van der Waals surface area contributed by atoms with Crippen LogP contribution in [0.25, 0.3) is 11.1 Å². The lowest BCUT2D eigenvalue weighted by molar-refractivity contribution is -0.136. The highest BCUT2D eigenvalue weighted by atomic mass is 35.5. The molecular weight excluding hydrogens is 518 g/mol. The number of hydrogen-bond donors (Lipinski definition) is 3. The predicted molar refractivity (Wildman–Crippen MR) is 145 cm³/mol. The maximum atomic E-state index is 14.9. The van der Waals surface area contributed by atoms with Crippen molar-refractivity contribution in [2.75, 3.05) is 18.5 Å². The molecule has 3 aromatic rings. The van der Waals surface area contributed by atoms with E-state index in [9.17, 15) is 14.0 Å². The van der Waals surface area contributed by atoms with Gasteiger partial charge in [0, 0.05) is 45.0 Å². The van der Waals surface area contributed by atoms with E-state index in [-0.39, 0.29) is 24.9 Å². The fraction of sp³-hybridized carbons (Fsp3) is 0.286. The molecule has 0 unspecified atom stereocenters. The fourth-order valence-electron chi connectivity index (χ4n) is 3.78. The number of ether oxygens (including phenoxy) is 1. The number of carbonyl (C=O) groups is 2. The number of carboxylic acids is 1. The maximum absolute atomic E-state index is 14.9. The Hall–Kier alpha value is -3.29. The van der Waals surface area contributed by atoms with Crippen molar-refractivity contribution in [3.05, 3.63) is 82.1 Å². The summed E-state index contributed by atoms with van der Waals surface area (Å²) in [4.78, 5) is 22.8. The van der Waals surface area contributed by atoms with Gasteiger partial charge in [-0.3, -0.25) is 9.59 Å². The highest BCUT2D eigenvalue weighted by Crippen LogP contribution is 2.33. The summed E-state index contributed by atoms with van der Waals surface area (Å²) in [6.07, 6.45) is 0.669. The summed E-state index contributed by atoms with van der Waals surface area (Å²) >= 11 is 12.2. The largest absolute Gasteiger partial charge is 0.491 e. The number of carboxylic acid groups (broad SMARTS) is 1. The molecule has 0 bridgehead atoms. The third-order valence-corrected chi connectivity index (χ3v) is 6.06. The van der Waals surface area contributed by atoms with Crippen LogP contribution in [0.2, 0.25) is 10.0 Å². The molecule has 1 atom stereocenters. The molecule has 3 N–H and O–H groups in total. The molecule has 0 saturated heterocycles. The van der Waals surface area contributed by atoms with Crippen LogP contribution in [0.3, 0.4) is 0 Å². The van der Waals surface area contributed by atoms with Crippen LogP contribution in [-0.2, 0) is 4.79 Å². The molecule has 0 fully saturated rings. The van der Waals surface area contributed by atoms with E-state index < -0.39 is 11.8 Å². The molecule has 0 heterocycles. The van der Waals surface area contributed by atoms with Crippen LogP contribution in [-0.4, -0.2) is 36.2 Å². The molecule has 0 saturated carbocycles. The Morgan fingerprint density at radius 2 is 1.70 bits per heavy atom. The Morgan fingerprint density at radius 1 is 1.00 bits per heavy atom. The summed E-state index contributed by atoms with van der Waals surface area (Å²) < 4.78 is 20.8. The summed E-state index contributed by atoms with van der Waals surface area (Å²) in [7, 11) is 0. The number of hydrogen-bond acceptors (Lipinski definition) is 4. The fourth-order valence-corrected chi connectivity index (χ4v) is 4.30. The maximum Gasteiger partial charge on any atom is 0.305 e. The Bertz CT molecular complexity index is 1240. The van der Waals surface area contributed by atoms with Gasteiger partial charge < -0.3 is 20.5 Å². The van der Waals surface area contributed by atoms with Crippen molar-refractivity contribution in [1.82, 2.24) is 5.32 Å². The van der Waals surface area contributed by atoms with Crippen molar-refractivity contribution in [2.24, 2.45) is 5.92 Å². The summed E-state index contributed by atoms with van der Waals surface area (Å²) in [5, 5.41) is 15.5. The van der Waals surface area contributed by atoms with Gasteiger partial charge in [-0.2, -0.15) is 0 Å². The number of halogens is 3. The number of anilines is 1. The first-order chi connectivity index (χ1) is 17.6. The lowest BCUT2D eigenvalue weighted by atomic mass is 10.0. The number of amides is 1. The molecule has 1 amide bonds. The standard InChI is InChI=1S/C28H29Cl2FN2O4/c1-17(2)13-21(33-20-6-3-18(4-7-20)28(36)32-12-11-27(34)35)16-37-22-8-10-24(26(31)15-22)23-9-5-19(29)14-25(23)30/h3-10,14-15,17,21,33H,11-13,16H2,1-2H3,(H,32,36)(H,34,35)/t21-/m0/s1. The van der Waals surface area contributed by atoms with Gasteiger partial charge in [0.25, 0.3) is 5.91 Å². The SMILES string of the molecule is CC(C)C[C@@H](COc1ccc(-c2ccc(Cl)cc2Cl)c(F)c1)Nc1ccc(C(=O)NCCC(=O)O)cc1. The average molecular weight is 547 g/mol. The van der Waals surface area contributed by atoms with Gasteiger partial charge >= 0.3 is 5.97 Å². The average Bonchev–Trinajstić information content (AvgIpc) is 2.83. The molecule has 37 heavy (non-hydrogen) atoms. The van der Waals surface area contributed by atoms with Crippen LogP contribution in [0.1, 0.15) is 37.0 Å². The Labute approximate surface area is 225 Å². The lowest BCUT2D eigenvalue weighted by Crippen LogP contribution is -2.29. The van der Waals surface area contributed by atoms with Gasteiger partial charge in [-0.15, -0.1) is 0 Å². The van der Waals surface area contributed by atoms with Crippen LogP contribution in [0.4, 0.5) is 10.1 Å². The van der Waals surface area contributed by atoms with Gasteiger partial charge in [-0.25, -0.2) is 4.39 Å². The highest BCUT2D eigenvalue weighted by molar-refractivity contribution is 6.36. The first-order valence-electron chi connectivity index (χ1n) is 11.9.